The normalized spacial score (nSPS) is 12.3. The van der Waals surface area contributed by atoms with Crippen LogP contribution in [0.5, 0.6) is 0 Å². The number of fused-ring (bicyclic) bond motifs is 20. The number of nitrogens with zero attached hydrogens (tertiary/aromatic N) is 5. The van der Waals surface area contributed by atoms with E-state index in [1.165, 1.54) is 16.2 Å². The maximum absolute atomic E-state index is 6.50. The minimum Gasteiger partial charge on any atom is -0.456 e. The molecule has 0 amide bonds. The van der Waals surface area contributed by atoms with E-state index in [-0.39, 0.29) is 0 Å². The largest absolute Gasteiger partial charge is 0.456 e. The Morgan fingerprint density at radius 3 is 1.06 bits per heavy atom. The summed E-state index contributed by atoms with van der Waals surface area (Å²) in [7, 11) is 0. The van der Waals surface area contributed by atoms with Gasteiger partial charge in [0.1, 0.15) is 39.3 Å². The quantitative estimate of drug-likeness (QED) is 0.159. The number of para-hydroxylation sites is 6. The molecule has 98 heavy (non-hydrogen) atoms. The van der Waals surface area contributed by atoms with Crippen LogP contribution >= 0.6 is 0 Å². The molecule has 7 heterocycles. The molecule has 0 spiro atoms. The molecule has 8 nitrogen and oxygen atoms in total. The molecule has 0 saturated heterocycles. The lowest BCUT2D eigenvalue weighted by Crippen LogP contribution is -2.04. The summed E-state index contributed by atoms with van der Waals surface area (Å²) in [5.41, 5.74) is 22.0. The van der Waals surface area contributed by atoms with E-state index in [1.807, 2.05) is 36.4 Å². The van der Waals surface area contributed by atoms with Crippen LogP contribution in [0.25, 0.3) is 215 Å². The second-order valence-electron chi connectivity index (χ2n) is 25.9. The molecular formula is C90H51N5O3. The molecule has 0 unspecified atom stereocenters. The first-order chi connectivity index (χ1) is 48.5. The van der Waals surface area contributed by atoms with Gasteiger partial charge in [-0.1, -0.05) is 188 Å². The highest BCUT2D eigenvalue weighted by Gasteiger charge is 2.24. The van der Waals surface area contributed by atoms with Gasteiger partial charge in [0.05, 0.1) is 44.3 Å². The first-order valence-electron chi connectivity index (χ1n) is 33.3. The maximum atomic E-state index is 6.50. The second kappa shape index (κ2) is 20.1. The average molecular weight is 1250 g/mol. The van der Waals surface area contributed by atoms with Gasteiger partial charge in [-0.25, -0.2) is 9.97 Å². The Bertz CT molecular complexity index is 7210. The van der Waals surface area contributed by atoms with Crippen LogP contribution in [0.4, 0.5) is 0 Å². The van der Waals surface area contributed by atoms with Crippen molar-refractivity contribution in [1.29, 1.82) is 0 Å². The predicted octanol–water partition coefficient (Wildman–Crippen LogP) is 24.4. The third kappa shape index (κ3) is 7.70. The van der Waals surface area contributed by atoms with Crippen molar-refractivity contribution in [3.8, 4) is 62.0 Å². The van der Waals surface area contributed by atoms with Crippen molar-refractivity contribution in [1.82, 2.24) is 23.7 Å². The molecule has 0 aliphatic heterocycles. The molecule has 0 fully saturated rings. The van der Waals surface area contributed by atoms with E-state index in [4.69, 9.17) is 23.2 Å². The minimum atomic E-state index is 0.619. The van der Waals surface area contributed by atoms with Crippen molar-refractivity contribution in [2.75, 3.05) is 0 Å². The smallest absolute Gasteiger partial charge is 0.162 e. The molecule has 8 heteroatoms. The van der Waals surface area contributed by atoms with E-state index in [0.717, 1.165) is 193 Å². The first-order valence-corrected chi connectivity index (χ1v) is 33.3. The number of hydrogen-bond donors (Lipinski definition) is 0. The summed E-state index contributed by atoms with van der Waals surface area (Å²) in [6.45, 7) is 0. The fraction of sp³-hybridized carbons (Fsp3) is 0. The van der Waals surface area contributed by atoms with Crippen LogP contribution in [0.3, 0.4) is 0 Å². The fourth-order valence-electron chi connectivity index (χ4n) is 16.1. The Balaban J connectivity index is 0.762. The van der Waals surface area contributed by atoms with E-state index in [2.05, 4.69) is 287 Å². The number of aromatic nitrogens is 5. The number of furan rings is 3. The third-order valence-corrected chi connectivity index (χ3v) is 20.7. The molecule has 22 rings (SSSR count). The van der Waals surface area contributed by atoms with Gasteiger partial charge in [0.25, 0.3) is 0 Å². The zero-order chi connectivity index (χ0) is 63.8. The Morgan fingerprint density at radius 2 is 0.571 bits per heavy atom. The van der Waals surface area contributed by atoms with E-state index in [9.17, 15) is 0 Å². The van der Waals surface area contributed by atoms with Crippen LogP contribution in [0.15, 0.2) is 323 Å². The van der Waals surface area contributed by atoms with Gasteiger partial charge in [-0.05, 0) is 160 Å². The fourth-order valence-corrected chi connectivity index (χ4v) is 16.1. The van der Waals surface area contributed by atoms with Crippen LogP contribution < -0.4 is 0 Å². The molecule has 454 valence electrons. The van der Waals surface area contributed by atoms with Gasteiger partial charge in [-0.15, -0.1) is 0 Å². The van der Waals surface area contributed by atoms with Crippen LogP contribution in [0, 0.1) is 0 Å². The molecule has 0 radical (unpaired) electrons. The van der Waals surface area contributed by atoms with Crippen molar-refractivity contribution in [3.05, 3.63) is 309 Å². The van der Waals surface area contributed by atoms with E-state index < -0.39 is 0 Å². The van der Waals surface area contributed by atoms with Crippen LogP contribution in [-0.2, 0) is 0 Å². The second-order valence-corrected chi connectivity index (χ2v) is 25.9. The highest BCUT2D eigenvalue weighted by molar-refractivity contribution is 6.16. The lowest BCUT2D eigenvalue weighted by molar-refractivity contribution is 0.668. The van der Waals surface area contributed by atoms with Crippen molar-refractivity contribution in [2.24, 2.45) is 0 Å². The topological polar surface area (TPSA) is 80.0 Å². The van der Waals surface area contributed by atoms with E-state index >= 15 is 0 Å². The molecule has 0 aliphatic carbocycles. The minimum absolute atomic E-state index is 0.619. The van der Waals surface area contributed by atoms with Crippen molar-refractivity contribution >= 4 is 153 Å². The molecule has 7 aromatic heterocycles. The zero-order valence-corrected chi connectivity index (χ0v) is 52.4. The van der Waals surface area contributed by atoms with Crippen molar-refractivity contribution in [2.45, 2.75) is 0 Å². The Kier molecular flexibility index (Phi) is 10.9. The first kappa shape index (κ1) is 53.1. The van der Waals surface area contributed by atoms with Gasteiger partial charge in [-0.2, -0.15) is 0 Å². The Hall–Kier alpha value is -13.3. The molecule has 15 aromatic carbocycles. The summed E-state index contributed by atoms with van der Waals surface area (Å²) in [6, 6.07) is 111. The van der Waals surface area contributed by atoms with Gasteiger partial charge < -0.3 is 22.4 Å². The number of hydrogen-bond acceptors (Lipinski definition) is 5. The Labute approximate surface area is 557 Å². The van der Waals surface area contributed by atoms with Crippen LogP contribution in [0.1, 0.15) is 0 Å². The molecule has 0 atom stereocenters. The van der Waals surface area contributed by atoms with Gasteiger partial charge in [0.2, 0.25) is 0 Å². The molecule has 22 aromatic rings. The van der Waals surface area contributed by atoms with E-state index in [1.54, 1.807) is 0 Å². The maximum Gasteiger partial charge on any atom is 0.162 e. The monoisotopic (exact) mass is 1250 g/mol. The summed E-state index contributed by atoms with van der Waals surface area (Å²) >= 11 is 0. The zero-order valence-electron chi connectivity index (χ0n) is 52.4. The Morgan fingerprint density at radius 1 is 0.214 bits per heavy atom. The van der Waals surface area contributed by atoms with Gasteiger partial charge in [0.15, 0.2) is 5.82 Å². The summed E-state index contributed by atoms with van der Waals surface area (Å²) in [6.07, 6.45) is 0. The lowest BCUT2D eigenvalue weighted by atomic mass is 10.0. The summed E-state index contributed by atoms with van der Waals surface area (Å²) in [5, 5.41) is 16.6. The average Bonchev–Trinajstić information content (AvgIpc) is 1.51. The molecule has 0 bridgehead atoms. The SMILES string of the molecule is c1ccc2c(c1)oc1cc(-c3ccc4c5ccccc5n(-c5ccc6nc(-c7ccc(-n8c9ccccc9c9ccc(-c%10ccc%11c(c%10)oc%10ccccc%10%11)cc98)c8ccccc78)nc(-n7c8ccccc8c8ccc(-c9ccc%10c(c9)oc9ccccc9%10)cc87)c6c5)c4c3)ccc12. The molecular weight excluding hydrogens is 1200 g/mol. The summed E-state index contributed by atoms with van der Waals surface area (Å²) in [5.74, 6) is 1.39. The van der Waals surface area contributed by atoms with E-state index in [0.29, 0.717) is 5.82 Å². The van der Waals surface area contributed by atoms with Crippen LogP contribution in [0.2, 0.25) is 0 Å². The highest BCUT2D eigenvalue weighted by Crippen LogP contribution is 2.45. The summed E-state index contributed by atoms with van der Waals surface area (Å²) < 4.78 is 26.6. The van der Waals surface area contributed by atoms with Gasteiger partial charge >= 0.3 is 0 Å². The standard InChI is InChI=1S/C90H51N5O3/c1-2-16-60-59(15-1)73(42-44-79(60)94-77-24-10-4-18-62(77)65-37-30-53(46-81(65)94)56-33-40-71-68-21-7-13-27-84(68)97-87(71)49-56)89-91-75-43-35-58(93-76-23-9-3-17-61(76)64-36-29-52(45-80(64)93)55-32-39-70-67-20-6-12-26-83(67)96-86(70)48-55)51-74(75)90(92-89)95-78-25-11-5-19-63(78)66-38-31-54(47-82(66)95)57-34-41-72-69-22-8-14-28-85(69)98-88(72)50-57/h1-51H. The number of rotatable bonds is 7. The molecule has 0 saturated carbocycles. The number of benzene rings is 15. The molecule has 0 N–H and O–H groups in total. The highest BCUT2D eigenvalue weighted by atomic mass is 16.3. The molecule has 0 aliphatic rings. The lowest BCUT2D eigenvalue weighted by Gasteiger charge is -2.17. The van der Waals surface area contributed by atoms with Crippen molar-refractivity contribution < 1.29 is 13.3 Å². The predicted molar refractivity (Wildman–Crippen MR) is 404 cm³/mol. The van der Waals surface area contributed by atoms with Gasteiger partial charge in [-0.3, -0.25) is 4.57 Å². The summed E-state index contributed by atoms with van der Waals surface area (Å²) in [4.78, 5) is 11.6. The van der Waals surface area contributed by atoms with Crippen molar-refractivity contribution in [3.63, 3.8) is 0 Å². The third-order valence-electron chi connectivity index (χ3n) is 20.7. The van der Waals surface area contributed by atoms with Gasteiger partial charge in [0, 0.05) is 86.7 Å². The van der Waals surface area contributed by atoms with Crippen LogP contribution in [-0.4, -0.2) is 23.7 Å².